The summed E-state index contributed by atoms with van der Waals surface area (Å²) in [5.74, 6) is -0.499. The lowest BCUT2D eigenvalue weighted by molar-refractivity contribution is -0.135. The van der Waals surface area contributed by atoms with Crippen LogP contribution in [0.1, 0.15) is 40.9 Å². The largest absolute Gasteiger partial charge is 0.492 e. The normalized spacial score (nSPS) is 21.7. The van der Waals surface area contributed by atoms with E-state index in [2.05, 4.69) is 9.97 Å². The van der Waals surface area contributed by atoms with E-state index in [0.717, 1.165) is 5.56 Å². The van der Waals surface area contributed by atoms with Crippen LogP contribution in [0, 0.1) is 0 Å². The van der Waals surface area contributed by atoms with Crippen molar-refractivity contribution in [3.05, 3.63) is 58.6 Å². The van der Waals surface area contributed by atoms with Crippen molar-refractivity contribution in [3.63, 3.8) is 0 Å². The van der Waals surface area contributed by atoms with Gasteiger partial charge in [-0.25, -0.2) is 19.6 Å². The highest BCUT2D eigenvalue weighted by atomic mass is 35.5. The maximum atomic E-state index is 13.3. The highest BCUT2D eigenvalue weighted by molar-refractivity contribution is 6.31. The van der Waals surface area contributed by atoms with Crippen LogP contribution in [-0.2, 0) is 16.0 Å². The summed E-state index contributed by atoms with van der Waals surface area (Å²) in [6.07, 6.45) is 4.86. The Balaban J connectivity index is 1.52. The molecule has 0 aliphatic carbocycles. The number of amides is 3. The predicted molar refractivity (Wildman–Crippen MR) is 121 cm³/mol. The Morgan fingerprint density at radius 1 is 1.26 bits per heavy atom. The lowest BCUT2D eigenvalue weighted by Crippen LogP contribution is -2.61. The fourth-order valence-electron chi connectivity index (χ4n) is 4.70. The molecule has 3 amide bonds. The van der Waals surface area contributed by atoms with Crippen molar-refractivity contribution < 1.29 is 23.9 Å². The summed E-state index contributed by atoms with van der Waals surface area (Å²) in [4.78, 5) is 49.9. The molecule has 176 valence electrons. The molecule has 2 N–H and O–H groups in total. The molecule has 2 unspecified atom stereocenters. The minimum Gasteiger partial charge on any atom is -0.492 e. The standard InChI is InChI=1S/C23H22ClN5O5/c24-14-9-13-5-8-33-20(13)15(10-14)22(31)34-18-3-1-2-7-28-19(30)11-17(16-4-6-26-12-27-16)29(21(18)28)23(25)32/h4,6,9-12,18,21H,1-3,5,7-8H2,(H2,25,32). The van der Waals surface area contributed by atoms with E-state index >= 15 is 0 Å². The van der Waals surface area contributed by atoms with Gasteiger partial charge in [0.25, 0.3) is 5.91 Å². The van der Waals surface area contributed by atoms with Crippen molar-refractivity contribution in [1.82, 2.24) is 19.8 Å². The van der Waals surface area contributed by atoms with Crippen LogP contribution < -0.4 is 10.5 Å². The van der Waals surface area contributed by atoms with E-state index in [0.29, 0.717) is 55.3 Å². The van der Waals surface area contributed by atoms with Crippen molar-refractivity contribution >= 4 is 35.2 Å². The van der Waals surface area contributed by atoms with Crippen LogP contribution in [0.3, 0.4) is 0 Å². The van der Waals surface area contributed by atoms with Gasteiger partial charge < -0.3 is 20.1 Å². The fourth-order valence-corrected chi connectivity index (χ4v) is 4.94. The first-order valence-corrected chi connectivity index (χ1v) is 11.4. The summed E-state index contributed by atoms with van der Waals surface area (Å²) in [5, 5.41) is 0.402. The number of ether oxygens (including phenoxy) is 2. The first-order valence-electron chi connectivity index (χ1n) is 11.0. The average molecular weight is 484 g/mol. The third kappa shape index (κ3) is 3.94. The van der Waals surface area contributed by atoms with E-state index in [9.17, 15) is 14.4 Å². The molecule has 1 saturated heterocycles. The average Bonchev–Trinajstić information content (AvgIpc) is 3.19. The van der Waals surface area contributed by atoms with Gasteiger partial charge in [0.2, 0.25) is 0 Å². The van der Waals surface area contributed by atoms with Crippen molar-refractivity contribution in [2.45, 2.75) is 38.0 Å². The second kappa shape index (κ2) is 8.94. The lowest BCUT2D eigenvalue weighted by atomic mass is 10.1. The maximum Gasteiger partial charge on any atom is 0.342 e. The molecule has 5 rings (SSSR count). The summed E-state index contributed by atoms with van der Waals surface area (Å²) in [5.41, 5.74) is 7.43. The number of hydrogen-bond donors (Lipinski definition) is 1. The molecule has 3 aliphatic rings. The number of urea groups is 1. The first-order chi connectivity index (χ1) is 16.4. The molecule has 2 atom stereocenters. The molecular formula is C23H22ClN5O5. The van der Waals surface area contributed by atoms with E-state index in [4.69, 9.17) is 26.8 Å². The number of halogens is 1. The monoisotopic (exact) mass is 483 g/mol. The van der Waals surface area contributed by atoms with E-state index in [1.165, 1.54) is 34.5 Å². The molecule has 0 radical (unpaired) electrons. The van der Waals surface area contributed by atoms with E-state index in [1.807, 2.05) is 0 Å². The number of nitrogens with zero attached hydrogens (tertiary/aromatic N) is 4. The number of rotatable bonds is 3. The van der Waals surface area contributed by atoms with Gasteiger partial charge in [-0.05, 0) is 43.0 Å². The molecule has 11 heteroatoms. The van der Waals surface area contributed by atoms with Gasteiger partial charge in [0.15, 0.2) is 6.17 Å². The zero-order chi connectivity index (χ0) is 23.8. The highest BCUT2D eigenvalue weighted by Gasteiger charge is 2.45. The summed E-state index contributed by atoms with van der Waals surface area (Å²) in [6.45, 7) is 0.845. The van der Waals surface area contributed by atoms with Crippen LogP contribution in [0.5, 0.6) is 5.75 Å². The van der Waals surface area contributed by atoms with Crippen molar-refractivity contribution in [3.8, 4) is 5.75 Å². The van der Waals surface area contributed by atoms with Crippen molar-refractivity contribution in [2.24, 2.45) is 5.73 Å². The molecule has 0 spiro atoms. The van der Waals surface area contributed by atoms with E-state index < -0.39 is 24.3 Å². The number of carbonyl (C=O) groups excluding carboxylic acids is 3. The Labute approximate surface area is 200 Å². The third-order valence-corrected chi connectivity index (χ3v) is 6.38. The number of hydrogen-bond acceptors (Lipinski definition) is 7. The first kappa shape index (κ1) is 22.1. The fraction of sp³-hybridized carbons (Fsp3) is 0.348. The maximum absolute atomic E-state index is 13.3. The number of benzene rings is 1. The lowest BCUT2D eigenvalue weighted by Gasteiger charge is -2.44. The minimum atomic E-state index is -0.917. The zero-order valence-corrected chi connectivity index (χ0v) is 18.9. The van der Waals surface area contributed by atoms with E-state index in [-0.39, 0.29) is 17.2 Å². The van der Waals surface area contributed by atoms with Gasteiger partial charge in [0.1, 0.15) is 23.7 Å². The van der Waals surface area contributed by atoms with Gasteiger partial charge in [-0.2, -0.15) is 0 Å². The second-order valence-electron chi connectivity index (χ2n) is 8.26. The number of aromatic nitrogens is 2. The van der Waals surface area contributed by atoms with Crippen molar-refractivity contribution in [1.29, 1.82) is 0 Å². The molecule has 4 heterocycles. The highest BCUT2D eigenvalue weighted by Crippen LogP contribution is 2.36. The van der Waals surface area contributed by atoms with Crippen LogP contribution in [0.4, 0.5) is 4.79 Å². The molecule has 0 saturated carbocycles. The number of nitrogens with two attached hydrogens (primary N) is 1. The second-order valence-corrected chi connectivity index (χ2v) is 8.69. The Bertz CT molecular complexity index is 1190. The summed E-state index contributed by atoms with van der Waals surface area (Å²) >= 11 is 6.22. The van der Waals surface area contributed by atoms with Gasteiger partial charge in [0, 0.05) is 30.3 Å². The smallest absolute Gasteiger partial charge is 0.342 e. The molecule has 34 heavy (non-hydrogen) atoms. The molecule has 0 bridgehead atoms. The zero-order valence-electron chi connectivity index (χ0n) is 18.1. The molecule has 10 nitrogen and oxygen atoms in total. The van der Waals surface area contributed by atoms with Gasteiger partial charge in [0.05, 0.1) is 18.0 Å². The predicted octanol–water partition coefficient (Wildman–Crippen LogP) is 2.36. The Hall–Kier alpha value is -3.66. The number of esters is 1. The van der Waals surface area contributed by atoms with Gasteiger partial charge in [-0.1, -0.05) is 11.6 Å². The van der Waals surface area contributed by atoms with Crippen LogP contribution >= 0.6 is 11.6 Å². The Kier molecular flexibility index (Phi) is 5.82. The van der Waals surface area contributed by atoms with Crippen LogP contribution in [0.25, 0.3) is 5.70 Å². The summed E-state index contributed by atoms with van der Waals surface area (Å²) < 4.78 is 11.6. The van der Waals surface area contributed by atoms with Crippen LogP contribution in [-0.4, -0.2) is 63.1 Å². The quantitative estimate of drug-likeness (QED) is 0.663. The minimum absolute atomic E-state index is 0.218. The summed E-state index contributed by atoms with van der Waals surface area (Å²) in [6, 6.07) is 4.06. The SMILES string of the molecule is NC(=O)N1C(c2ccncn2)=CC(=O)N2CCCCC(OC(=O)c3cc(Cl)cc4c3OCC4)C21. The molecule has 1 fully saturated rings. The van der Waals surface area contributed by atoms with Crippen LogP contribution in [0.15, 0.2) is 36.8 Å². The molecule has 1 aromatic carbocycles. The Morgan fingerprint density at radius 3 is 2.88 bits per heavy atom. The third-order valence-electron chi connectivity index (χ3n) is 6.17. The Morgan fingerprint density at radius 2 is 2.12 bits per heavy atom. The molecular weight excluding hydrogens is 462 g/mol. The summed E-state index contributed by atoms with van der Waals surface area (Å²) in [7, 11) is 0. The van der Waals surface area contributed by atoms with Crippen LogP contribution in [0.2, 0.25) is 5.02 Å². The topological polar surface area (TPSA) is 128 Å². The number of fused-ring (bicyclic) bond motifs is 2. The molecule has 3 aliphatic heterocycles. The number of primary amides is 1. The van der Waals surface area contributed by atoms with Gasteiger partial charge in [-0.3, -0.25) is 9.69 Å². The number of carbonyl (C=O) groups is 3. The van der Waals surface area contributed by atoms with Crippen molar-refractivity contribution in [2.75, 3.05) is 13.2 Å². The van der Waals surface area contributed by atoms with Gasteiger partial charge in [-0.15, -0.1) is 0 Å². The molecule has 1 aromatic heterocycles. The molecule has 2 aromatic rings. The van der Waals surface area contributed by atoms with Gasteiger partial charge >= 0.3 is 12.0 Å². The van der Waals surface area contributed by atoms with E-state index in [1.54, 1.807) is 12.1 Å².